The summed E-state index contributed by atoms with van der Waals surface area (Å²) in [6.07, 6.45) is 2.60. The van der Waals surface area contributed by atoms with Gasteiger partial charge in [0.25, 0.3) is 17.1 Å². The summed E-state index contributed by atoms with van der Waals surface area (Å²) in [7, 11) is 1.58. The Morgan fingerprint density at radius 3 is 2.39 bits per heavy atom. The largest absolute Gasteiger partial charge is 0.497 e. The van der Waals surface area contributed by atoms with Crippen LogP contribution < -0.4 is 14.8 Å². The number of ether oxygens (including phenoxy) is 2. The second-order valence-corrected chi connectivity index (χ2v) is 7.74. The second-order valence-electron chi connectivity index (χ2n) is 6.74. The van der Waals surface area contributed by atoms with Crippen molar-refractivity contribution in [2.75, 3.05) is 26.8 Å². The highest BCUT2D eigenvalue weighted by atomic mass is 32.2. The van der Waals surface area contributed by atoms with Crippen molar-refractivity contribution in [1.29, 1.82) is 0 Å². The Kier molecular flexibility index (Phi) is 7.72. The molecule has 0 unspecified atom stereocenters. The third-order valence-corrected chi connectivity index (χ3v) is 5.55. The minimum Gasteiger partial charge on any atom is -0.497 e. The Balaban J connectivity index is 1.46. The lowest BCUT2D eigenvalue weighted by Gasteiger charge is -2.13. The molecule has 3 amide bonds. The van der Waals surface area contributed by atoms with Crippen molar-refractivity contribution >= 4 is 34.9 Å². The summed E-state index contributed by atoms with van der Waals surface area (Å²) in [5.41, 5.74) is 1.98. The molecule has 0 aromatic heterocycles. The molecular weight excluding hydrogens is 416 g/mol. The summed E-state index contributed by atoms with van der Waals surface area (Å²) < 4.78 is 10.6. The zero-order valence-electron chi connectivity index (χ0n) is 17.4. The Bertz CT molecular complexity index is 970. The first kappa shape index (κ1) is 22.4. The lowest BCUT2D eigenvalue weighted by molar-refractivity contribution is -0.125. The molecule has 1 aliphatic heterocycles. The Hall–Kier alpha value is -3.26. The van der Waals surface area contributed by atoms with E-state index in [0.29, 0.717) is 16.4 Å². The fourth-order valence-corrected chi connectivity index (χ4v) is 3.74. The Labute approximate surface area is 185 Å². The molecule has 1 fully saturated rings. The number of hydrogen-bond donors (Lipinski definition) is 1. The van der Waals surface area contributed by atoms with Crippen molar-refractivity contribution in [2.24, 2.45) is 0 Å². The van der Waals surface area contributed by atoms with E-state index in [1.807, 2.05) is 36.4 Å². The summed E-state index contributed by atoms with van der Waals surface area (Å²) >= 11 is 0.886. The molecule has 0 atom stereocenters. The fraction of sp³-hybridized carbons (Fsp3) is 0.261. The van der Waals surface area contributed by atoms with E-state index in [4.69, 9.17) is 9.47 Å². The highest BCUT2D eigenvalue weighted by Crippen LogP contribution is 2.32. The Morgan fingerprint density at radius 2 is 1.74 bits per heavy atom. The molecule has 0 bridgehead atoms. The summed E-state index contributed by atoms with van der Waals surface area (Å²) in [6, 6.07) is 14.7. The third-order valence-electron chi connectivity index (χ3n) is 4.65. The van der Waals surface area contributed by atoms with Crippen molar-refractivity contribution < 1.29 is 23.9 Å². The van der Waals surface area contributed by atoms with E-state index in [9.17, 15) is 14.4 Å². The maximum absolute atomic E-state index is 12.5. The van der Waals surface area contributed by atoms with E-state index in [0.717, 1.165) is 28.6 Å². The first-order valence-corrected chi connectivity index (χ1v) is 10.7. The number of carbonyl (C=O) groups excluding carboxylic acids is 3. The summed E-state index contributed by atoms with van der Waals surface area (Å²) in [5, 5.41) is 2.31. The van der Waals surface area contributed by atoms with Gasteiger partial charge in [-0.2, -0.15) is 0 Å². The number of amides is 3. The highest BCUT2D eigenvalue weighted by Gasteiger charge is 2.34. The summed E-state index contributed by atoms with van der Waals surface area (Å²) in [5.74, 6) is 0.637. The van der Waals surface area contributed by atoms with Gasteiger partial charge in [0.1, 0.15) is 11.5 Å². The molecule has 0 spiro atoms. The van der Waals surface area contributed by atoms with Gasteiger partial charge in [-0.25, -0.2) is 0 Å². The molecule has 8 heteroatoms. The zero-order chi connectivity index (χ0) is 22.2. The van der Waals surface area contributed by atoms with Crippen molar-refractivity contribution in [3.05, 3.63) is 64.6 Å². The van der Waals surface area contributed by atoms with E-state index in [1.165, 1.54) is 5.56 Å². The lowest BCUT2D eigenvalue weighted by Crippen LogP contribution is -2.38. The predicted molar refractivity (Wildman–Crippen MR) is 120 cm³/mol. The molecule has 3 rings (SSSR count). The molecule has 31 heavy (non-hydrogen) atoms. The highest BCUT2D eigenvalue weighted by molar-refractivity contribution is 8.18. The van der Waals surface area contributed by atoms with Gasteiger partial charge in [0.15, 0.2) is 6.61 Å². The van der Waals surface area contributed by atoms with Crippen molar-refractivity contribution in [3.63, 3.8) is 0 Å². The first-order chi connectivity index (χ1) is 15.0. The van der Waals surface area contributed by atoms with E-state index in [2.05, 4.69) is 12.2 Å². The normalized spacial score (nSPS) is 14.8. The van der Waals surface area contributed by atoms with Crippen LogP contribution in [0.2, 0.25) is 0 Å². The van der Waals surface area contributed by atoms with Crippen LogP contribution in [0.25, 0.3) is 6.08 Å². The van der Waals surface area contributed by atoms with Crippen LogP contribution >= 0.6 is 11.8 Å². The van der Waals surface area contributed by atoms with Crippen LogP contribution in [-0.2, 0) is 16.0 Å². The van der Waals surface area contributed by atoms with Crippen LogP contribution in [0.15, 0.2) is 53.4 Å². The summed E-state index contributed by atoms with van der Waals surface area (Å²) in [6.45, 7) is 2.19. The fourth-order valence-electron chi connectivity index (χ4n) is 2.87. The average molecular weight is 441 g/mol. The molecule has 162 valence electrons. The number of carbonyl (C=O) groups is 3. The standard InChI is InChI=1S/C23H24N2O5S/c1-3-16-4-10-19(11-5-16)30-15-21(26)24-12-13-25-22(27)20(31-23(25)28)14-17-6-8-18(29-2)9-7-17/h4-11,14H,3,12-13,15H2,1-2H3,(H,24,26). The molecule has 2 aromatic rings. The van der Waals surface area contributed by atoms with Crippen LogP contribution in [0.5, 0.6) is 11.5 Å². The van der Waals surface area contributed by atoms with E-state index < -0.39 is 0 Å². The van der Waals surface area contributed by atoms with Crippen molar-refractivity contribution in [2.45, 2.75) is 13.3 Å². The van der Waals surface area contributed by atoms with Gasteiger partial charge in [-0.1, -0.05) is 31.2 Å². The minimum absolute atomic E-state index is 0.0988. The zero-order valence-corrected chi connectivity index (χ0v) is 18.2. The van der Waals surface area contributed by atoms with Gasteiger partial charge in [-0.15, -0.1) is 0 Å². The summed E-state index contributed by atoms with van der Waals surface area (Å²) in [4.78, 5) is 38.2. The molecule has 1 heterocycles. The average Bonchev–Trinajstić information content (AvgIpc) is 3.05. The topological polar surface area (TPSA) is 84.9 Å². The quantitative estimate of drug-likeness (QED) is 0.601. The number of nitrogens with zero attached hydrogens (tertiary/aromatic N) is 1. The molecule has 0 aliphatic carbocycles. The van der Waals surface area contributed by atoms with Gasteiger partial charge in [0.05, 0.1) is 12.0 Å². The van der Waals surface area contributed by atoms with Crippen molar-refractivity contribution in [3.8, 4) is 11.5 Å². The molecule has 1 aliphatic rings. The molecule has 0 radical (unpaired) electrons. The van der Waals surface area contributed by atoms with E-state index in [1.54, 1.807) is 25.3 Å². The number of benzene rings is 2. The van der Waals surface area contributed by atoms with Crippen LogP contribution in [0.3, 0.4) is 0 Å². The molecule has 0 saturated carbocycles. The van der Waals surface area contributed by atoms with Crippen LogP contribution in [0.1, 0.15) is 18.1 Å². The SMILES string of the molecule is CCc1ccc(OCC(=O)NCCN2C(=O)SC(=Cc3ccc(OC)cc3)C2=O)cc1. The number of imide groups is 1. The van der Waals surface area contributed by atoms with Gasteiger partial charge in [-0.3, -0.25) is 19.3 Å². The third kappa shape index (κ3) is 6.11. The van der Waals surface area contributed by atoms with Crippen LogP contribution in [0, 0.1) is 0 Å². The number of rotatable bonds is 9. The maximum atomic E-state index is 12.5. The van der Waals surface area contributed by atoms with Crippen LogP contribution in [-0.4, -0.2) is 48.8 Å². The predicted octanol–water partition coefficient (Wildman–Crippen LogP) is 3.49. The molecule has 1 N–H and O–H groups in total. The van der Waals surface area contributed by atoms with Gasteiger partial charge < -0.3 is 14.8 Å². The monoisotopic (exact) mass is 440 g/mol. The first-order valence-electron chi connectivity index (χ1n) is 9.88. The molecule has 7 nitrogen and oxygen atoms in total. The molecular formula is C23H24N2O5S. The maximum Gasteiger partial charge on any atom is 0.293 e. The smallest absolute Gasteiger partial charge is 0.293 e. The minimum atomic E-state index is -0.368. The lowest BCUT2D eigenvalue weighted by atomic mass is 10.2. The number of nitrogens with one attached hydrogen (secondary N) is 1. The van der Waals surface area contributed by atoms with Crippen LogP contribution in [0.4, 0.5) is 4.79 Å². The molecule has 1 saturated heterocycles. The number of thioether (sulfide) groups is 1. The van der Waals surface area contributed by atoms with E-state index >= 15 is 0 Å². The molecule has 2 aromatic carbocycles. The number of aryl methyl sites for hydroxylation is 1. The Morgan fingerprint density at radius 1 is 1.06 bits per heavy atom. The van der Waals surface area contributed by atoms with E-state index in [-0.39, 0.29) is 36.7 Å². The van der Waals surface area contributed by atoms with Gasteiger partial charge in [0, 0.05) is 13.1 Å². The van der Waals surface area contributed by atoms with Gasteiger partial charge >= 0.3 is 0 Å². The van der Waals surface area contributed by atoms with Gasteiger partial charge in [-0.05, 0) is 59.7 Å². The van der Waals surface area contributed by atoms with Crippen molar-refractivity contribution in [1.82, 2.24) is 10.2 Å². The number of hydrogen-bond acceptors (Lipinski definition) is 6. The second kappa shape index (κ2) is 10.7. The van der Waals surface area contributed by atoms with Gasteiger partial charge in [0.2, 0.25) is 0 Å². The number of methoxy groups -OCH3 is 1.